The predicted octanol–water partition coefficient (Wildman–Crippen LogP) is 28.8. The third-order valence-electron chi connectivity index (χ3n) is 24.8. The van der Waals surface area contributed by atoms with Crippen LogP contribution in [0.15, 0.2) is 473 Å². The maximum absolute atomic E-state index is 5.13. The minimum atomic E-state index is 0.216. The Hall–Kier alpha value is -17.8. The third kappa shape index (κ3) is 16.0. The highest BCUT2D eigenvalue weighted by molar-refractivity contribution is 5.95. The Morgan fingerprint density at radius 3 is 0.788 bits per heavy atom. The second-order valence-corrected chi connectivity index (χ2v) is 33.0. The van der Waals surface area contributed by atoms with Gasteiger partial charge in [0.2, 0.25) is 0 Å². The molecule has 0 N–H and O–H groups in total. The van der Waals surface area contributed by atoms with E-state index in [0.29, 0.717) is 0 Å². The summed E-state index contributed by atoms with van der Waals surface area (Å²) in [5.74, 6) is 0.216. The molecule has 0 saturated heterocycles. The molecule has 0 amide bonds. The van der Waals surface area contributed by atoms with Crippen molar-refractivity contribution in [2.45, 2.75) is 18.8 Å². The van der Waals surface area contributed by atoms with E-state index in [4.69, 9.17) is 30.6 Å². The number of hydrogen-bond acceptors (Lipinski definition) is 11. The first-order chi connectivity index (χ1) is 65.3. The van der Waals surface area contributed by atoms with Gasteiger partial charge in [0.1, 0.15) is 44.1 Å². The Morgan fingerprint density at radius 1 is 0.182 bits per heavy atom. The third-order valence-corrected chi connectivity index (χ3v) is 24.8. The summed E-state index contributed by atoms with van der Waals surface area (Å²) < 4.78 is 0. The normalized spacial score (nSPS) is 11.7. The van der Waals surface area contributed by atoms with Crippen LogP contribution >= 0.6 is 0 Å². The highest BCUT2D eigenvalue weighted by Crippen LogP contribution is 2.43. The molecule has 19 aromatic carbocycles. The van der Waals surface area contributed by atoms with Gasteiger partial charge in [0.25, 0.3) is 0 Å². The van der Waals surface area contributed by atoms with Crippen LogP contribution in [-0.2, 0) is 6.42 Å². The Morgan fingerprint density at radius 2 is 0.424 bits per heavy atom. The van der Waals surface area contributed by atoms with Gasteiger partial charge in [-0.2, -0.15) is 19.2 Å². The first-order valence-corrected chi connectivity index (χ1v) is 44.4. The number of hydrogen-bond donors (Lipinski definition) is 0. The highest BCUT2D eigenvalue weighted by atomic mass is 15.5. The summed E-state index contributed by atoms with van der Waals surface area (Å²) in [6.45, 7) is 0. The number of aryl methyl sites for hydroxylation is 1. The average Bonchev–Trinajstić information content (AvgIpc) is 1.71. The van der Waals surface area contributed by atoms with E-state index in [1.165, 1.54) is 33.4 Å². The molecule has 0 aliphatic rings. The standard InChI is InChI=1S/C117H83N15/c1-5-18-92(19-6-1)108(78-34-81-32-35-82(36-33-81)83-37-39-84(40-38-83)86-45-58-98(59-46-86)126(95-20-7-2-8-21-95)99-60-51-89(52-61-99)91-53-66-104(67-54-91)129-118-110-27-13-14-28-111(110)119-129)93-43-41-85(42-44-93)90-55-68-105(69-56-90)132-123-115-31-17-26-109(117(115)125-132)94-57-79-114-116(80-94)124-131(122-114)107-76-72-103(73-77-107)128(97-24-11-4-12-25-97)101-64-49-88(50-65-101)87-47-62-100(63-48-87)127(96-22-9-3-10-23-96)102-70-74-106(75-71-102)130-120-112-29-15-16-30-113(112)121-130/h1-33,35-77,79-80,108H,34,78H2. The van der Waals surface area contributed by atoms with E-state index >= 15 is 0 Å². The van der Waals surface area contributed by atoms with E-state index in [1.807, 2.05) is 78.9 Å². The summed E-state index contributed by atoms with van der Waals surface area (Å²) in [5.41, 5.74) is 36.8. The summed E-state index contributed by atoms with van der Waals surface area (Å²) in [5, 5.41) is 38.9. The molecule has 0 saturated carbocycles. The lowest BCUT2D eigenvalue weighted by Gasteiger charge is -2.26. The molecule has 0 bridgehead atoms. The van der Waals surface area contributed by atoms with Gasteiger partial charge in [-0.25, -0.2) is 0 Å². The second kappa shape index (κ2) is 34.8. The smallest absolute Gasteiger partial charge is 0.121 e. The van der Waals surface area contributed by atoms with Crippen LogP contribution in [0.3, 0.4) is 0 Å². The molecule has 15 heteroatoms. The Kier molecular flexibility index (Phi) is 20.8. The number of aromatic nitrogens is 12. The van der Waals surface area contributed by atoms with Gasteiger partial charge in [-0.15, -0.1) is 40.8 Å². The maximum atomic E-state index is 5.13. The first kappa shape index (κ1) is 78.9. The zero-order valence-corrected chi connectivity index (χ0v) is 71.7. The van der Waals surface area contributed by atoms with E-state index in [0.717, 1.165) is 181 Å². The van der Waals surface area contributed by atoms with Crippen molar-refractivity contribution in [3.05, 3.63) is 490 Å². The molecule has 15 nitrogen and oxygen atoms in total. The van der Waals surface area contributed by atoms with Crippen LogP contribution in [0.25, 0.3) is 134 Å². The largest absolute Gasteiger partial charge is 0.311 e. The zero-order valence-electron chi connectivity index (χ0n) is 71.7. The van der Waals surface area contributed by atoms with E-state index in [1.54, 1.807) is 19.2 Å². The Balaban J connectivity index is 0.425. The van der Waals surface area contributed by atoms with Crippen LogP contribution < -0.4 is 14.7 Å². The van der Waals surface area contributed by atoms with Crippen molar-refractivity contribution >= 4 is 95.3 Å². The van der Waals surface area contributed by atoms with Crippen LogP contribution in [0.5, 0.6) is 0 Å². The van der Waals surface area contributed by atoms with E-state index in [9.17, 15) is 0 Å². The average molecular weight is 1700 g/mol. The molecule has 0 aliphatic carbocycles. The molecule has 1 atom stereocenters. The quantitative estimate of drug-likeness (QED) is 0.0573. The minimum absolute atomic E-state index is 0.216. The zero-order chi connectivity index (χ0) is 87.6. The van der Waals surface area contributed by atoms with E-state index in [2.05, 4.69) is 419 Å². The summed E-state index contributed by atoms with van der Waals surface area (Å²) in [4.78, 5) is 13.7. The van der Waals surface area contributed by atoms with E-state index < -0.39 is 0 Å². The van der Waals surface area contributed by atoms with Crippen LogP contribution in [0.4, 0.5) is 51.2 Å². The molecule has 1 unspecified atom stereocenters. The monoisotopic (exact) mass is 1700 g/mol. The lowest BCUT2D eigenvalue weighted by molar-refractivity contribution is 0.715. The SMILES string of the molecule is c1ccc(C(CCc2ccc(-c3ccc(-c4ccc(N(c5ccccc5)c5ccc(-c6ccc(-n7nc8ccccc8n7)cc6)cc5)cc4)cc3)cc2)c2ccc(-c3ccc(-n4nc5cccc(-c6ccc7nn(-c8ccc(N(c9ccccc9)c9ccc(-c%10ccc(N(c%11ccccc%11)c%11ccc(-n%12nc%13ccccc%13n%12)cc%11)cc%10)cc9)cc8)nc7c6)c5n4)cc3)cc2)cc1. The topological polar surface area (TPSA) is 133 Å². The Labute approximate surface area is 763 Å². The second-order valence-electron chi connectivity index (χ2n) is 33.0. The van der Waals surface area contributed by atoms with Gasteiger partial charge in [0.15, 0.2) is 0 Å². The van der Waals surface area contributed by atoms with Crippen molar-refractivity contribution in [1.29, 1.82) is 0 Å². The molecule has 23 aromatic rings. The maximum Gasteiger partial charge on any atom is 0.121 e. The number of para-hydroxylation sites is 3. The number of anilines is 9. The van der Waals surface area contributed by atoms with Crippen LogP contribution in [0, 0.1) is 0 Å². The van der Waals surface area contributed by atoms with Gasteiger partial charge in [-0.05, 0) is 291 Å². The Bertz CT molecular complexity index is 7910. The summed E-state index contributed by atoms with van der Waals surface area (Å²) >= 11 is 0. The molecule has 0 spiro atoms. The molecule has 0 aliphatic heterocycles. The number of fused-ring (bicyclic) bond motifs is 4. The molecule has 4 heterocycles. The number of rotatable bonds is 24. The molecule has 626 valence electrons. The molecule has 132 heavy (non-hydrogen) atoms. The van der Waals surface area contributed by atoms with E-state index in [-0.39, 0.29) is 5.92 Å². The summed E-state index contributed by atoms with van der Waals surface area (Å²) in [7, 11) is 0. The lowest BCUT2D eigenvalue weighted by Crippen LogP contribution is -2.10. The first-order valence-electron chi connectivity index (χ1n) is 44.4. The highest BCUT2D eigenvalue weighted by Gasteiger charge is 2.22. The lowest BCUT2D eigenvalue weighted by atomic mass is 9.85. The fraction of sp³-hybridized carbons (Fsp3) is 0.0256. The van der Waals surface area contributed by atoms with Crippen molar-refractivity contribution in [2.75, 3.05) is 14.7 Å². The molecule has 0 fully saturated rings. The molecule has 4 aromatic heterocycles. The van der Waals surface area contributed by atoms with Crippen LogP contribution in [-0.4, -0.2) is 60.0 Å². The number of benzene rings is 19. The van der Waals surface area contributed by atoms with Crippen molar-refractivity contribution in [3.63, 3.8) is 0 Å². The van der Waals surface area contributed by atoms with Crippen LogP contribution in [0.2, 0.25) is 0 Å². The van der Waals surface area contributed by atoms with Gasteiger partial charge in [-0.3, -0.25) is 0 Å². The fourth-order valence-corrected chi connectivity index (χ4v) is 17.9. The van der Waals surface area contributed by atoms with Gasteiger partial charge in [-0.1, -0.05) is 273 Å². The molecule has 0 radical (unpaired) electrons. The molecular weight excluding hydrogens is 1620 g/mol. The van der Waals surface area contributed by atoms with Crippen LogP contribution in [0.1, 0.15) is 29.0 Å². The summed E-state index contributed by atoms with van der Waals surface area (Å²) in [6, 6.07) is 167. The molecular formula is C117H83N15. The van der Waals surface area contributed by atoms with Gasteiger partial charge in [0, 0.05) is 62.7 Å². The number of nitrogens with zero attached hydrogens (tertiary/aromatic N) is 15. The van der Waals surface area contributed by atoms with Gasteiger partial charge >= 0.3 is 0 Å². The van der Waals surface area contributed by atoms with Crippen molar-refractivity contribution in [2.24, 2.45) is 0 Å². The fourth-order valence-electron chi connectivity index (χ4n) is 17.9. The van der Waals surface area contributed by atoms with Crippen molar-refractivity contribution < 1.29 is 0 Å². The van der Waals surface area contributed by atoms with Gasteiger partial charge in [0.05, 0.1) is 22.7 Å². The minimum Gasteiger partial charge on any atom is -0.311 e. The van der Waals surface area contributed by atoms with Gasteiger partial charge < -0.3 is 14.7 Å². The molecule has 23 rings (SSSR count). The summed E-state index contributed by atoms with van der Waals surface area (Å²) in [6.07, 6.45) is 1.90. The van der Waals surface area contributed by atoms with Crippen molar-refractivity contribution in [3.8, 4) is 89.5 Å². The predicted molar refractivity (Wildman–Crippen MR) is 536 cm³/mol. The van der Waals surface area contributed by atoms with Crippen molar-refractivity contribution in [1.82, 2.24) is 60.0 Å².